The van der Waals surface area contributed by atoms with Gasteiger partial charge >= 0.3 is 0 Å². The van der Waals surface area contributed by atoms with Crippen LogP contribution in [-0.2, 0) is 6.54 Å². The quantitative estimate of drug-likeness (QED) is 0.738. The van der Waals surface area contributed by atoms with E-state index in [1.807, 2.05) is 29.6 Å². The van der Waals surface area contributed by atoms with E-state index in [0.717, 1.165) is 21.3 Å². The number of aromatic nitrogens is 4. The van der Waals surface area contributed by atoms with Crippen LogP contribution in [0, 0.1) is 0 Å². The number of hydrogen-bond donors (Lipinski definition) is 0. The summed E-state index contributed by atoms with van der Waals surface area (Å²) in [4.78, 5) is 8.48. The molecule has 0 fully saturated rings. The molecule has 0 bridgehead atoms. The first kappa shape index (κ1) is 11.4. The molecule has 6 heteroatoms. The highest BCUT2D eigenvalue weighted by Gasteiger charge is 2.05. The van der Waals surface area contributed by atoms with Crippen molar-refractivity contribution in [2.24, 2.45) is 0 Å². The summed E-state index contributed by atoms with van der Waals surface area (Å²) in [7, 11) is 0. The summed E-state index contributed by atoms with van der Waals surface area (Å²) in [6.45, 7) is 0.643. The standard InChI is InChI=1S/C12H9ClN4S/c13-10-3-1-9(2-4-10)12-16-11(6-18-12)5-17-8-14-7-15-17/h1-4,6-8H,5H2. The van der Waals surface area contributed by atoms with Gasteiger partial charge in [0.15, 0.2) is 0 Å². The van der Waals surface area contributed by atoms with Crippen molar-refractivity contribution in [3.8, 4) is 10.6 Å². The van der Waals surface area contributed by atoms with Crippen LogP contribution < -0.4 is 0 Å². The second kappa shape index (κ2) is 4.88. The van der Waals surface area contributed by atoms with Crippen LogP contribution in [0.5, 0.6) is 0 Å². The van der Waals surface area contributed by atoms with Crippen molar-refractivity contribution < 1.29 is 0 Å². The van der Waals surface area contributed by atoms with E-state index < -0.39 is 0 Å². The predicted molar refractivity (Wildman–Crippen MR) is 71.7 cm³/mol. The van der Waals surface area contributed by atoms with Crippen molar-refractivity contribution in [1.82, 2.24) is 19.7 Å². The van der Waals surface area contributed by atoms with Crippen LogP contribution in [0.2, 0.25) is 5.02 Å². The number of nitrogens with zero attached hydrogens (tertiary/aromatic N) is 4. The Morgan fingerprint density at radius 1 is 1.22 bits per heavy atom. The molecule has 2 aromatic heterocycles. The third-order valence-electron chi connectivity index (χ3n) is 2.43. The summed E-state index contributed by atoms with van der Waals surface area (Å²) < 4.78 is 1.75. The molecule has 0 aliphatic heterocycles. The molecule has 0 aliphatic rings. The molecule has 0 saturated carbocycles. The zero-order chi connectivity index (χ0) is 12.4. The average molecular weight is 277 g/mol. The minimum absolute atomic E-state index is 0.643. The van der Waals surface area contributed by atoms with Gasteiger partial charge in [-0.2, -0.15) is 5.10 Å². The summed E-state index contributed by atoms with van der Waals surface area (Å²) in [6.07, 6.45) is 3.20. The normalized spacial score (nSPS) is 10.7. The fraction of sp³-hybridized carbons (Fsp3) is 0.0833. The number of thiazole rings is 1. The molecule has 1 aromatic carbocycles. The maximum absolute atomic E-state index is 5.86. The van der Waals surface area contributed by atoms with Gasteiger partial charge in [-0.25, -0.2) is 14.6 Å². The highest BCUT2D eigenvalue weighted by molar-refractivity contribution is 7.13. The molecule has 0 amide bonds. The molecule has 3 aromatic rings. The fourth-order valence-electron chi connectivity index (χ4n) is 1.59. The first-order chi connectivity index (χ1) is 8.81. The van der Waals surface area contributed by atoms with Crippen molar-refractivity contribution in [3.63, 3.8) is 0 Å². The Hall–Kier alpha value is -1.72. The van der Waals surface area contributed by atoms with E-state index in [2.05, 4.69) is 15.1 Å². The van der Waals surface area contributed by atoms with Crippen LogP contribution >= 0.6 is 22.9 Å². The van der Waals surface area contributed by atoms with Gasteiger partial charge in [0.1, 0.15) is 17.7 Å². The lowest BCUT2D eigenvalue weighted by Gasteiger charge is -1.97. The van der Waals surface area contributed by atoms with Gasteiger partial charge in [-0.05, 0) is 12.1 Å². The van der Waals surface area contributed by atoms with Crippen LogP contribution in [0.25, 0.3) is 10.6 Å². The minimum Gasteiger partial charge on any atom is -0.247 e. The molecule has 3 rings (SSSR count). The van der Waals surface area contributed by atoms with Crippen molar-refractivity contribution in [2.45, 2.75) is 6.54 Å². The van der Waals surface area contributed by atoms with E-state index in [4.69, 9.17) is 11.6 Å². The van der Waals surface area contributed by atoms with E-state index >= 15 is 0 Å². The van der Waals surface area contributed by atoms with E-state index in [-0.39, 0.29) is 0 Å². The molecule has 0 atom stereocenters. The van der Waals surface area contributed by atoms with Gasteiger partial charge in [0.25, 0.3) is 0 Å². The number of hydrogen-bond acceptors (Lipinski definition) is 4. The summed E-state index contributed by atoms with van der Waals surface area (Å²) in [5.74, 6) is 0. The van der Waals surface area contributed by atoms with Crippen molar-refractivity contribution >= 4 is 22.9 Å². The van der Waals surface area contributed by atoms with Crippen molar-refractivity contribution in [3.05, 3.63) is 53.0 Å². The van der Waals surface area contributed by atoms with Gasteiger partial charge in [0.05, 0.1) is 12.2 Å². The summed E-state index contributed by atoms with van der Waals surface area (Å²) in [5, 5.41) is 7.81. The lowest BCUT2D eigenvalue weighted by Crippen LogP contribution is -1.99. The fourth-order valence-corrected chi connectivity index (χ4v) is 2.53. The van der Waals surface area contributed by atoms with Gasteiger partial charge < -0.3 is 0 Å². The van der Waals surface area contributed by atoms with E-state index in [1.165, 1.54) is 6.33 Å². The molecular weight excluding hydrogens is 268 g/mol. The van der Waals surface area contributed by atoms with Crippen LogP contribution in [0.15, 0.2) is 42.3 Å². The van der Waals surface area contributed by atoms with Gasteiger partial charge in [-0.15, -0.1) is 11.3 Å². The Balaban J connectivity index is 1.83. The summed E-state index contributed by atoms with van der Waals surface area (Å²) in [5.41, 5.74) is 2.06. The molecule has 0 N–H and O–H groups in total. The van der Waals surface area contributed by atoms with Gasteiger partial charge in [0, 0.05) is 16.0 Å². The molecule has 0 spiro atoms. The van der Waals surface area contributed by atoms with E-state index in [0.29, 0.717) is 6.54 Å². The van der Waals surface area contributed by atoms with Crippen LogP contribution in [0.3, 0.4) is 0 Å². The second-order valence-electron chi connectivity index (χ2n) is 3.74. The highest BCUT2D eigenvalue weighted by Crippen LogP contribution is 2.25. The first-order valence-corrected chi connectivity index (χ1v) is 6.60. The van der Waals surface area contributed by atoms with Crippen LogP contribution in [-0.4, -0.2) is 19.7 Å². The predicted octanol–water partition coefficient (Wildman–Crippen LogP) is 3.10. The van der Waals surface area contributed by atoms with Crippen LogP contribution in [0.4, 0.5) is 0 Å². The van der Waals surface area contributed by atoms with E-state index in [9.17, 15) is 0 Å². The lowest BCUT2D eigenvalue weighted by atomic mass is 10.2. The van der Waals surface area contributed by atoms with Crippen molar-refractivity contribution in [1.29, 1.82) is 0 Å². The maximum atomic E-state index is 5.86. The average Bonchev–Trinajstić information content (AvgIpc) is 3.02. The molecule has 0 aliphatic carbocycles. The molecule has 4 nitrogen and oxygen atoms in total. The monoisotopic (exact) mass is 276 g/mol. The Morgan fingerprint density at radius 3 is 2.78 bits per heavy atom. The molecule has 90 valence electrons. The molecule has 0 saturated heterocycles. The maximum Gasteiger partial charge on any atom is 0.137 e. The topological polar surface area (TPSA) is 43.6 Å². The number of rotatable bonds is 3. The Kier molecular flexibility index (Phi) is 3.08. The number of halogens is 1. The molecule has 0 radical (unpaired) electrons. The highest BCUT2D eigenvalue weighted by atomic mass is 35.5. The first-order valence-electron chi connectivity index (χ1n) is 5.34. The zero-order valence-electron chi connectivity index (χ0n) is 9.32. The largest absolute Gasteiger partial charge is 0.247 e. The summed E-state index contributed by atoms with van der Waals surface area (Å²) in [6, 6.07) is 7.69. The van der Waals surface area contributed by atoms with Gasteiger partial charge in [-0.1, -0.05) is 23.7 Å². The SMILES string of the molecule is Clc1ccc(-c2nc(Cn3cncn3)cs2)cc1. The lowest BCUT2D eigenvalue weighted by molar-refractivity contribution is 0.674. The molecule has 2 heterocycles. The van der Waals surface area contributed by atoms with Gasteiger partial charge in [0.2, 0.25) is 0 Å². The number of benzene rings is 1. The van der Waals surface area contributed by atoms with Gasteiger partial charge in [-0.3, -0.25) is 0 Å². The molecule has 18 heavy (non-hydrogen) atoms. The molecule has 0 unspecified atom stereocenters. The Bertz CT molecular complexity index is 630. The third-order valence-corrected chi connectivity index (χ3v) is 3.63. The Labute approximate surface area is 113 Å². The van der Waals surface area contributed by atoms with Crippen LogP contribution in [0.1, 0.15) is 5.69 Å². The van der Waals surface area contributed by atoms with E-state index in [1.54, 1.807) is 22.3 Å². The minimum atomic E-state index is 0.643. The molecular formula is C12H9ClN4S. The zero-order valence-corrected chi connectivity index (χ0v) is 10.9. The third kappa shape index (κ3) is 2.42. The van der Waals surface area contributed by atoms with Crippen molar-refractivity contribution in [2.75, 3.05) is 0 Å². The Morgan fingerprint density at radius 2 is 2.06 bits per heavy atom. The second-order valence-corrected chi connectivity index (χ2v) is 5.04. The summed E-state index contributed by atoms with van der Waals surface area (Å²) >= 11 is 7.48. The smallest absolute Gasteiger partial charge is 0.137 e.